The molecule has 0 atom stereocenters. The molecule has 0 aromatic carbocycles. The third kappa shape index (κ3) is 1.20. The van der Waals surface area contributed by atoms with Crippen LogP contribution >= 0.6 is 11.3 Å². The number of hydrogen-bond acceptors (Lipinski definition) is 3. The molecule has 0 spiro atoms. The molecular formula is C7H10N2S. The number of nitrogens with zero attached hydrogens (tertiary/aromatic N) is 1. The van der Waals surface area contributed by atoms with Crippen LogP contribution in [0.3, 0.4) is 0 Å². The van der Waals surface area contributed by atoms with Crippen molar-refractivity contribution < 1.29 is 0 Å². The molecule has 2 rings (SSSR count). The fraction of sp³-hybridized carbons (Fsp3) is 0.571. The van der Waals surface area contributed by atoms with Gasteiger partial charge in [-0.25, -0.2) is 0 Å². The van der Waals surface area contributed by atoms with Crippen molar-refractivity contribution in [2.75, 3.05) is 13.1 Å². The average Bonchev–Trinajstić information content (AvgIpc) is 2.29. The lowest BCUT2D eigenvalue weighted by Gasteiger charge is -2.26. The summed E-state index contributed by atoms with van der Waals surface area (Å²) in [6.07, 6.45) is 3.20. The van der Waals surface area contributed by atoms with Crippen molar-refractivity contribution >= 4 is 11.3 Å². The predicted octanol–water partition coefficient (Wildman–Crippen LogP) is 0.905. The Balaban J connectivity index is 1.90. The molecule has 0 saturated carbocycles. The standard InChI is InChI=1S/C7H10N2S/c1(6-2-8-3-6)7-4-9-5-10-7/h4-6,8H,1-3H2. The van der Waals surface area contributed by atoms with E-state index in [4.69, 9.17) is 0 Å². The summed E-state index contributed by atoms with van der Waals surface area (Å²) in [5.74, 6) is 0.875. The van der Waals surface area contributed by atoms with Gasteiger partial charge >= 0.3 is 0 Å². The van der Waals surface area contributed by atoms with E-state index < -0.39 is 0 Å². The minimum absolute atomic E-state index is 0.875. The summed E-state index contributed by atoms with van der Waals surface area (Å²) in [4.78, 5) is 5.45. The molecule has 1 aliphatic rings. The van der Waals surface area contributed by atoms with Gasteiger partial charge in [-0.15, -0.1) is 11.3 Å². The highest BCUT2D eigenvalue weighted by Crippen LogP contribution is 2.14. The van der Waals surface area contributed by atoms with Crippen LogP contribution in [0.4, 0.5) is 0 Å². The van der Waals surface area contributed by atoms with Gasteiger partial charge in [-0.2, -0.15) is 0 Å². The van der Waals surface area contributed by atoms with E-state index in [0.717, 1.165) is 5.92 Å². The minimum atomic E-state index is 0.875. The average molecular weight is 154 g/mol. The smallest absolute Gasteiger partial charge is 0.0794 e. The molecule has 2 nitrogen and oxygen atoms in total. The second kappa shape index (κ2) is 2.68. The maximum atomic E-state index is 4.03. The summed E-state index contributed by atoms with van der Waals surface area (Å²) >= 11 is 1.76. The van der Waals surface area contributed by atoms with Crippen molar-refractivity contribution in [2.45, 2.75) is 6.42 Å². The van der Waals surface area contributed by atoms with Gasteiger partial charge in [-0.05, 0) is 25.4 Å². The number of rotatable bonds is 2. The number of aromatic nitrogens is 1. The van der Waals surface area contributed by atoms with E-state index >= 15 is 0 Å². The summed E-state index contributed by atoms with van der Waals surface area (Å²) in [7, 11) is 0. The molecule has 1 aromatic heterocycles. The first kappa shape index (κ1) is 6.31. The van der Waals surface area contributed by atoms with Gasteiger partial charge < -0.3 is 5.32 Å². The zero-order chi connectivity index (χ0) is 6.81. The van der Waals surface area contributed by atoms with Crippen LogP contribution in [-0.2, 0) is 6.42 Å². The maximum Gasteiger partial charge on any atom is 0.0794 e. The SMILES string of the molecule is c1ncc(CC2CNC2)s1. The van der Waals surface area contributed by atoms with E-state index in [1.54, 1.807) is 11.3 Å². The van der Waals surface area contributed by atoms with E-state index in [9.17, 15) is 0 Å². The maximum absolute atomic E-state index is 4.03. The predicted molar refractivity (Wildman–Crippen MR) is 42.2 cm³/mol. The highest BCUT2D eigenvalue weighted by Gasteiger charge is 2.16. The summed E-state index contributed by atoms with van der Waals surface area (Å²) < 4.78 is 0. The van der Waals surface area contributed by atoms with Crippen molar-refractivity contribution in [3.8, 4) is 0 Å². The molecule has 0 radical (unpaired) electrons. The van der Waals surface area contributed by atoms with Crippen LogP contribution in [0.2, 0.25) is 0 Å². The van der Waals surface area contributed by atoms with E-state index in [1.807, 2.05) is 11.7 Å². The Kier molecular flexibility index (Phi) is 1.69. The summed E-state index contributed by atoms with van der Waals surface area (Å²) in [5, 5.41) is 3.26. The van der Waals surface area contributed by atoms with Crippen LogP contribution in [0.15, 0.2) is 11.7 Å². The van der Waals surface area contributed by atoms with Crippen molar-refractivity contribution in [3.63, 3.8) is 0 Å². The molecule has 0 bridgehead atoms. The first-order valence-electron chi connectivity index (χ1n) is 3.53. The zero-order valence-electron chi connectivity index (χ0n) is 5.71. The van der Waals surface area contributed by atoms with Gasteiger partial charge in [0.05, 0.1) is 5.51 Å². The van der Waals surface area contributed by atoms with E-state index in [-0.39, 0.29) is 0 Å². The topological polar surface area (TPSA) is 24.9 Å². The van der Waals surface area contributed by atoms with Crippen molar-refractivity contribution in [1.29, 1.82) is 0 Å². The molecule has 0 aliphatic carbocycles. The van der Waals surface area contributed by atoms with Gasteiger partial charge in [0.2, 0.25) is 0 Å². The molecule has 1 aliphatic heterocycles. The second-order valence-electron chi connectivity index (χ2n) is 2.70. The molecule has 0 unspecified atom stereocenters. The summed E-state index contributed by atoms with van der Waals surface area (Å²) in [5.41, 5.74) is 1.90. The van der Waals surface area contributed by atoms with Gasteiger partial charge in [0.25, 0.3) is 0 Å². The Hall–Kier alpha value is -0.410. The molecule has 2 heterocycles. The van der Waals surface area contributed by atoms with Crippen LogP contribution in [0.1, 0.15) is 4.88 Å². The molecule has 54 valence electrons. The number of thiazole rings is 1. The molecule has 3 heteroatoms. The van der Waals surface area contributed by atoms with Gasteiger partial charge in [0.1, 0.15) is 0 Å². The molecular weight excluding hydrogens is 144 g/mol. The Labute approximate surface area is 64.3 Å². The fourth-order valence-corrected chi connectivity index (χ4v) is 1.83. The normalized spacial score (nSPS) is 18.8. The van der Waals surface area contributed by atoms with Gasteiger partial charge in [0.15, 0.2) is 0 Å². The third-order valence-electron chi connectivity index (χ3n) is 1.84. The minimum Gasteiger partial charge on any atom is -0.316 e. The summed E-state index contributed by atoms with van der Waals surface area (Å²) in [6.45, 7) is 2.38. The van der Waals surface area contributed by atoms with Crippen molar-refractivity contribution in [1.82, 2.24) is 10.3 Å². The van der Waals surface area contributed by atoms with Gasteiger partial charge in [-0.3, -0.25) is 4.98 Å². The zero-order valence-corrected chi connectivity index (χ0v) is 6.53. The quantitative estimate of drug-likeness (QED) is 0.684. The largest absolute Gasteiger partial charge is 0.316 e. The fourth-order valence-electron chi connectivity index (χ4n) is 1.12. The molecule has 1 N–H and O–H groups in total. The Bertz CT molecular complexity index is 191. The van der Waals surface area contributed by atoms with E-state index in [2.05, 4.69) is 10.3 Å². The lowest BCUT2D eigenvalue weighted by molar-refractivity contribution is 0.348. The van der Waals surface area contributed by atoms with E-state index in [1.165, 1.54) is 24.4 Å². The lowest BCUT2D eigenvalue weighted by atomic mass is 9.99. The van der Waals surface area contributed by atoms with Crippen LogP contribution in [0.5, 0.6) is 0 Å². The third-order valence-corrected chi connectivity index (χ3v) is 2.64. The highest BCUT2D eigenvalue weighted by atomic mass is 32.1. The van der Waals surface area contributed by atoms with Gasteiger partial charge in [-0.1, -0.05) is 0 Å². The Morgan fingerprint density at radius 3 is 3.10 bits per heavy atom. The molecule has 1 fully saturated rings. The second-order valence-corrected chi connectivity index (χ2v) is 3.67. The van der Waals surface area contributed by atoms with Crippen molar-refractivity contribution in [3.05, 3.63) is 16.6 Å². The monoisotopic (exact) mass is 154 g/mol. The van der Waals surface area contributed by atoms with Gasteiger partial charge in [0, 0.05) is 11.1 Å². The van der Waals surface area contributed by atoms with Crippen LogP contribution in [0, 0.1) is 5.92 Å². The molecule has 10 heavy (non-hydrogen) atoms. The first-order chi connectivity index (χ1) is 4.95. The summed E-state index contributed by atoms with van der Waals surface area (Å²) in [6, 6.07) is 0. The van der Waals surface area contributed by atoms with Crippen LogP contribution in [-0.4, -0.2) is 18.1 Å². The Morgan fingerprint density at radius 2 is 2.60 bits per heavy atom. The molecule has 0 amide bonds. The van der Waals surface area contributed by atoms with Crippen LogP contribution in [0.25, 0.3) is 0 Å². The van der Waals surface area contributed by atoms with Crippen LogP contribution < -0.4 is 5.32 Å². The number of hydrogen-bond donors (Lipinski definition) is 1. The highest BCUT2D eigenvalue weighted by molar-refractivity contribution is 7.09. The molecule has 1 saturated heterocycles. The lowest BCUT2D eigenvalue weighted by Crippen LogP contribution is -2.42. The number of nitrogens with one attached hydrogen (secondary N) is 1. The Morgan fingerprint density at radius 1 is 1.70 bits per heavy atom. The van der Waals surface area contributed by atoms with Crippen molar-refractivity contribution in [2.24, 2.45) is 5.92 Å². The van der Waals surface area contributed by atoms with E-state index in [0.29, 0.717) is 0 Å². The molecule has 1 aromatic rings. The first-order valence-corrected chi connectivity index (χ1v) is 4.41.